The molecule has 1 atom stereocenters. The van der Waals surface area contributed by atoms with E-state index in [0.29, 0.717) is 19.0 Å². The van der Waals surface area contributed by atoms with Crippen LogP contribution in [0, 0.1) is 5.92 Å². The van der Waals surface area contributed by atoms with Crippen molar-refractivity contribution in [2.24, 2.45) is 11.7 Å². The van der Waals surface area contributed by atoms with Crippen molar-refractivity contribution in [1.29, 1.82) is 0 Å². The molecule has 0 radical (unpaired) electrons. The van der Waals surface area contributed by atoms with Crippen LogP contribution in [0.3, 0.4) is 0 Å². The average Bonchev–Trinajstić information content (AvgIpc) is 2.28. The molecule has 1 aromatic heterocycles. The van der Waals surface area contributed by atoms with E-state index in [0.717, 1.165) is 5.69 Å². The van der Waals surface area contributed by atoms with Gasteiger partial charge in [-0.25, -0.2) is 4.98 Å². The molecule has 0 spiro atoms. The lowest BCUT2D eigenvalue weighted by molar-refractivity contribution is -0.120. The maximum atomic E-state index is 10.8. The van der Waals surface area contributed by atoms with Gasteiger partial charge in [-0.1, -0.05) is 6.92 Å². The zero-order chi connectivity index (χ0) is 12.0. The maximum absolute atomic E-state index is 10.8. The number of carbonyl (C=O) groups is 1. The van der Waals surface area contributed by atoms with Gasteiger partial charge in [-0.3, -0.25) is 4.79 Å². The van der Waals surface area contributed by atoms with E-state index in [1.165, 1.54) is 0 Å². The number of nitrogens with one attached hydrogen (secondary N) is 1. The SMILES string of the molecule is CCOc1ccc(NCC(C)C(N)=O)cn1. The number of aromatic nitrogens is 1. The lowest BCUT2D eigenvalue weighted by Gasteiger charge is -2.10. The Morgan fingerprint density at radius 2 is 2.38 bits per heavy atom. The molecule has 0 bridgehead atoms. The van der Waals surface area contributed by atoms with E-state index in [1.807, 2.05) is 13.0 Å². The molecule has 1 aromatic rings. The first-order valence-corrected chi connectivity index (χ1v) is 5.25. The van der Waals surface area contributed by atoms with Crippen LogP contribution in [0.2, 0.25) is 0 Å². The quantitative estimate of drug-likeness (QED) is 0.754. The molecular formula is C11H17N3O2. The normalized spacial score (nSPS) is 11.9. The van der Waals surface area contributed by atoms with E-state index in [-0.39, 0.29) is 11.8 Å². The molecule has 0 saturated heterocycles. The number of ether oxygens (including phenoxy) is 1. The Morgan fingerprint density at radius 1 is 1.62 bits per heavy atom. The molecule has 5 nitrogen and oxygen atoms in total. The van der Waals surface area contributed by atoms with Gasteiger partial charge in [0.15, 0.2) is 0 Å². The van der Waals surface area contributed by atoms with E-state index < -0.39 is 0 Å². The molecular weight excluding hydrogens is 206 g/mol. The summed E-state index contributed by atoms with van der Waals surface area (Å²) in [6, 6.07) is 3.63. The summed E-state index contributed by atoms with van der Waals surface area (Å²) in [5.74, 6) is 0.0777. The van der Waals surface area contributed by atoms with Gasteiger partial charge >= 0.3 is 0 Å². The zero-order valence-electron chi connectivity index (χ0n) is 9.56. The minimum absolute atomic E-state index is 0.202. The molecule has 1 rings (SSSR count). The van der Waals surface area contributed by atoms with Gasteiger partial charge in [0.05, 0.1) is 24.4 Å². The Hall–Kier alpha value is -1.78. The van der Waals surface area contributed by atoms with Crippen molar-refractivity contribution in [2.45, 2.75) is 13.8 Å². The molecule has 0 saturated carbocycles. The lowest BCUT2D eigenvalue weighted by Crippen LogP contribution is -2.26. The lowest BCUT2D eigenvalue weighted by atomic mass is 10.2. The summed E-state index contributed by atoms with van der Waals surface area (Å²) in [6.45, 7) is 4.78. The van der Waals surface area contributed by atoms with E-state index in [4.69, 9.17) is 10.5 Å². The van der Waals surface area contributed by atoms with Gasteiger partial charge in [0.2, 0.25) is 11.8 Å². The van der Waals surface area contributed by atoms with Crippen LogP contribution in [-0.2, 0) is 4.79 Å². The Balaban J connectivity index is 2.46. The second kappa shape index (κ2) is 5.95. The van der Waals surface area contributed by atoms with Crippen molar-refractivity contribution in [1.82, 2.24) is 4.98 Å². The number of anilines is 1. The maximum Gasteiger partial charge on any atom is 0.222 e. The molecule has 0 aliphatic heterocycles. The second-order valence-corrected chi connectivity index (χ2v) is 3.50. The van der Waals surface area contributed by atoms with Gasteiger partial charge < -0.3 is 15.8 Å². The van der Waals surface area contributed by atoms with E-state index in [2.05, 4.69) is 10.3 Å². The van der Waals surface area contributed by atoms with Gasteiger partial charge in [-0.2, -0.15) is 0 Å². The summed E-state index contributed by atoms with van der Waals surface area (Å²) in [6.07, 6.45) is 1.67. The highest BCUT2D eigenvalue weighted by Crippen LogP contribution is 2.11. The predicted octanol–water partition coefficient (Wildman–Crippen LogP) is 1.01. The molecule has 0 fully saturated rings. The largest absolute Gasteiger partial charge is 0.478 e. The number of rotatable bonds is 6. The molecule has 1 heterocycles. The highest BCUT2D eigenvalue weighted by Gasteiger charge is 2.07. The molecule has 1 unspecified atom stereocenters. The summed E-state index contributed by atoms with van der Waals surface area (Å²) in [4.78, 5) is 14.9. The molecule has 5 heteroatoms. The summed E-state index contributed by atoms with van der Waals surface area (Å²) < 4.78 is 5.21. The van der Waals surface area contributed by atoms with Gasteiger partial charge in [0.25, 0.3) is 0 Å². The highest BCUT2D eigenvalue weighted by molar-refractivity contribution is 5.76. The number of nitrogens with zero attached hydrogens (tertiary/aromatic N) is 1. The van der Waals surface area contributed by atoms with Crippen LogP contribution in [0.5, 0.6) is 5.88 Å². The third-order valence-corrected chi connectivity index (χ3v) is 2.13. The van der Waals surface area contributed by atoms with Crippen molar-refractivity contribution in [3.63, 3.8) is 0 Å². The van der Waals surface area contributed by atoms with Crippen LogP contribution in [0.1, 0.15) is 13.8 Å². The summed E-state index contributed by atoms with van der Waals surface area (Å²) in [7, 11) is 0. The first-order chi connectivity index (χ1) is 7.63. The van der Waals surface area contributed by atoms with E-state index in [9.17, 15) is 4.79 Å². The predicted molar refractivity (Wildman–Crippen MR) is 62.3 cm³/mol. The number of pyridine rings is 1. The van der Waals surface area contributed by atoms with Crippen molar-refractivity contribution < 1.29 is 9.53 Å². The number of nitrogens with two attached hydrogens (primary N) is 1. The van der Waals surface area contributed by atoms with Gasteiger partial charge in [0.1, 0.15) is 0 Å². The minimum atomic E-state index is -0.314. The van der Waals surface area contributed by atoms with Crippen molar-refractivity contribution >= 4 is 11.6 Å². The van der Waals surface area contributed by atoms with Gasteiger partial charge in [0, 0.05) is 12.6 Å². The van der Waals surface area contributed by atoms with E-state index >= 15 is 0 Å². The summed E-state index contributed by atoms with van der Waals surface area (Å²) in [5, 5.41) is 3.08. The molecule has 88 valence electrons. The average molecular weight is 223 g/mol. The Labute approximate surface area is 95.0 Å². The number of hydrogen-bond acceptors (Lipinski definition) is 4. The van der Waals surface area contributed by atoms with Crippen LogP contribution < -0.4 is 15.8 Å². The fraction of sp³-hybridized carbons (Fsp3) is 0.455. The van der Waals surface area contributed by atoms with Gasteiger partial charge in [-0.15, -0.1) is 0 Å². The second-order valence-electron chi connectivity index (χ2n) is 3.50. The Morgan fingerprint density at radius 3 is 2.88 bits per heavy atom. The first-order valence-electron chi connectivity index (χ1n) is 5.25. The standard InChI is InChI=1S/C11H17N3O2/c1-3-16-10-5-4-9(7-14-10)13-6-8(2)11(12)15/h4-5,7-8,13H,3,6H2,1-2H3,(H2,12,15). The fourth-order valence-corrected chi connectivity index (χ4v) is 1.09. The van der Waals surface area contributed by atoms with Crippen LogP contribution in [-0.4, -0.2) is 24.0 Å². The minimum Gasteiger partial charge on any atom is -0.478 e. The van der Waals surface area contributed by atoms with Gasteiger partial charge in [-0.05, 0) is 13.0 Å². The number of hydrogen-bond donors (Lipinski definition) is 2. The first kappa shape index (κ1) is 12.3. The zero-order valence-corrected chi connectivity index (χ0v) is 9.56. The number of carbonyl (C=O) groups excluding carboxylic acids is 1. The fourth-order valence-electron chi connectivity index (χ4n) is 1.09. The molecule has 3 N–H and O–H groups in total. The van der Waals surface area contributed by atoms with Crippen LogP contribution in [0.4, 0.5) is 5.69 Å². The van der Waals surface area contributed by atoms with Crippen LogP contribution >= 0.6 is 0 Å². The number of amides is 1. The van der Waals surface area contributed by atoms with Crippen LogP contribution in [0.15, 0.2) is 18.3 Å². The molecule has 0 aliphatic rings. The Kier molecular flexibility index (Phi) is 4.57. The summed E-state index contributed by atoms with van der Waals surface area (Å²) >= 11 is 0. The monoisotopic (exact) mass is 223 g/mol. The molecule has 0 aromatic carbocycles. The molecule has 16 heavy (non-hydrogen) atoms. The van der Waals surface area contributed by atoms with Crippen molar-refractivity contribution in [3.8, 4) is 5.88 Å². The van der Waals surface area contributed by atoms with Crippen molar-refractivity contribution in [3.05, 3.63) is 18.3 Å². The van der Waals surface area contributed by atoms with E-state index in [1.54, 1.807) is 19.2 Å². The topological polar surface area (TPSA) is 77.2 Å². The third kappa shape index (κ3) is 3.76. The highest BCUT2D eigenvalue weighted by atomic mass is 16.5. The molecule has 1 amide bonds. The number of primary amides is 1. The Bertz CT molecular complexity index is 338. The molecule has 0 aliphatic carbocycles. The van der Waals surface area contributed by atoms with Crippen molar-refractivity contribution in [2.75, 3.05) is 18.5 Å². The third-order valence-electron chi connectivity index (χ3n) is 2.13. The van der Waals surface area contributed by atoms with Crippen LogP contribution in [0.25, 0.3) is 0 Å². The smallest absolute Gasteiger partial charge is 0.222 e. The summed E-state index contributed by atoms with van der Waals surface area (Å²) in [5.41, 5.74) is 5.99.